The van der Waals surface area contributed by atoms with Gasteiger partial charge in [0, 0.05) is 16.5 Å². The van der Waals surface area contributed by atoms with E-state index >= 15 is 0 Å². The summed E-state index contributed by atoms with van der Waals surface area (Å²) in [4.78, 5) is 16.0. The van der Waals surface area contributed by atoms with Gasteiger partial charge in [0.05, 0.1) is 0 Å². The Kier molecular flexibility index (Phi) is 4690. The van der Waals surface area contributed by atoms with Gasteiger partial charge >= 0.3 is 0 Å². The van der Waals surface area contributed by atoms with Crippen LogP contribution in [0.1, 0.15) is 0 Å². The van der Waals surface area contributed by atoms with Crippen molar-refractivity contribution in [3.63, 3.8) is 0 Å². The zero-order chi connectivity index (χ0) is 4.00. The predicted octanol–water partition coefficient (Wildman–Crippen LogP) is -0.372. The topological polar surface area (TPSA) is 34.1 Å². The van der Waals surface area contributed by atoms with Crippen LogP contribution in [-0.2, 0) is 26.1 Å². The van der Waals surface area contributed by atoms with Crippen molar-refractivity contribution < 1.29 is 26.1 Å². The Morgan fingerprint density at radius 3 is 0.800 bits per heavy atom. The van der Waals surface area contributed by atoms with Crippen LogP contribution >= 0.6 is 0 Å². The van der Waals surface area contributed by atoms with E-state index < -0.39 is 0 Å². The maximum atomic E-state index is 8.00. The summed E-state index contributed by atoms with van der Waals surface area (Å²) >= 11 is 0. The molecule has 0 fully saturated rings. The SMILES string of the molecule is C=O.C=O.[Ni]. The van der Waals surface area contributed by atoms with E-state index in [2.05, 4.69) is 0 Å². The molecule has 0 aliphatic heterocycles. The minimum atomic E-state index is 0. The molecule has 5 heavy (non-hydrogen) atoms. The van der Waals surface area contributed by atoms with Crippen LogP contribution in [0.4, 0.5) is 0 Å². The summed E-state index contributed by atoms with van der Waals surface area (Å²) in [5, 5.41) is 0. The van der Waals surface area contributed by atoms with Crippen molar-refractivity contribution in [3.8, 4) is 0 Å². The molecule has 0 aliphatic carbocycles. The summed E-state index contributed by atoms with van der Waals surface area (Å²) in [7, 11) is 0. The molecule has 0 atom stereocenters. The fourth-order valence-corrected chi connectivity index (χ4v) is 0. The van der Waals surface area contributed by atoms with Crippen LogP contribution in [0.25, 0.3) is 0 Å². The molecular weight excluding hydrogens is 115 g/mol. The van der Waals surface area contributed by atoms with Crippen molar-refractivity contribution in [1.29, 1.82) is 0 Å². The van der Waals surface area contributed by atoms with Crippen LogP contribution in [0, 0.1) is 0 Å². The van der Waals surface area contributed by atoms with Crippen molar-refractivity contribution >= 4 is 13.6 Å². The summed E-state index contributed by atoms with van der Waals surface area (Å²) < 4.78 is 0. The largest absolute Gasteiger partial charge is 0.307 e. The van der Waals surface area contributed by atoms with Crippen molar-refractivity contribution in [2.75, 3.05) is 0 Å². The third-order valence-corrected chi connectivity index (χ3v) is 0. The standard InChI is InChI=1S/2CH2O.Ni/c2*1-2;/h2*1H2;. The quantitative estimate of drug-likeness (QED) is 0.407. The molecule has 0 unspecified atom stereocenters. The van der Waals surface area contributed by atoms with Crippen molar-refractivity contribution in [1.82, 2.24) is 0 Å². The third kappa shape index (κ3) is 465. The molecule has 0 bridgehead atoms. The molecule has 0 aromatic carbocycles. The molecule has 0 rings (SSSR count). The number of hydrogen-bond donors (Lipinski definition) is 0. The van der Waals surface area contributed by atoms with Crippen molar-refractivity contribution in [2.45, 2.75) is 0 Å². The Hall–Kier alpha value is -0.166. The molecule has 0 N–H and O–H groups in total. The minimum absolute atomic E-state index is 0. The fraction of sp³-hybridized carbons (Fsp3) is 0. The van der Waals surface area contributed by atoms with Gasteiger partial charge in [0.25, 0.3) is 0 Å². The van der Waals surface area contributed by atoms with E-state index in [0.29, 0.717) is 0 Å². The molecular formula is C2H4NiO2. The maximum absolute atomic E-state index is 8.00. The van der Waals surface area contributed by atoms with Crippen molar-refractivity contribution in [2.24, 2.45) is 0 Å². The number of carbonyl (C=O) groups excluding carboxylic acids is 2. The van der Waals surface area contributed by atoms with Crippen LogP contribution in [0.3, 0.4) is 0 Å². The third-order valence-electron chi connectivity index (χ3n) is 0. The van der Waals surface area contributed by atoms with Gasteiger partial charge in [0.2, 0.25) is 0 Å². The molecule has 0 aromatic heterocycles. The molecule has 0 heterocycles. The Balaban J connectivity index is -0.0000000133. The molecule has 0 saturated carbocycles. The first-order valence-corrected chi connectivity index (χ1v) is 0.577. The number of carbonyl (C=O) groups is 2. The predicted molar refractivity (Wildman–Crippen MR) is 14.2 cm³/mol. The smallest absolute Gasteiger partial charge is 0.106 e. The van der Waals surface area contributed by atoms with E-state index in [0.717, 1.165) is 0 Å². The second kappa shape index (κ2) is 1110. The summed E-state index contributed by atoms with van der Waals surface area (Å²) in [6.45, 7) is 4.00. The van der Waals surface area contributed by atoms with Gasteiger partial charge in [-0.1, -0.05) is 0 Å². The minimum Gasteiger partial charge on any atom is -0.307 e. The molecule has 0 spiro atoms. The summed E-state index contributed by atoms with van der Waals surface area (Å²) in [6.07, 6.45) is 0. The van der Waals surface area contributed by atoms with E-state index in [1.54, 1.807) is 0 Å². The van der Waals surface area contributed by atoms with Gasteiger partial charge in [0.1, 0.15) is 13.6 Å². The molecule has 3 heteroatoms. The first-order valence-electron chi connectivity index (χ1n) is 0.577. The van der Waals surface area contributed by atoms with Gasteiger partial charge in [-0.3, -0.25) is 0 Å². The molecule has 0 amide bonds. The van der Waals surface area contributed by atoms with Gasteiger partial charge in [-0.15, -0.1) is 0 Å². The van der Waals surface area contributed by atoms with Crippen LogP contribution < -0.4 is 0 Å². The van der Waals surface area contributed by atoms with Crippen LogP contribution in [0.5, 0.6) is 0 Å². The second-order valence-corrected chi connectivity index (χ2v) is 0. The van der Waals surface area contributed by atoms with E-state index in [4.69, 9.17) is 9.59 Å². The Bertz CT molecular complexity index is 9.61. The van der Waals surface area contributed by atoms with Gasteiger partial charge in [-0.2, -0.15) is 0 Å². The average molecular weight is 119 g/mol. The van der Waals surface area contributed by atoms with E-state index in [1.807, 2.05) is 13.6 Å². The Labute approximate surface area is 40.5 Å². The average Bonchev–Trinajstić information content (AvgIpc) is 1.50. The van der Waals surface area contributed by atoms with Gasteiger partial charge in [-0.05, 0) is 0 Å². The monoisotopic (exact) mass is 118 g/mol. The number of hydrogen-bond acceptors (Lipinski definition) is 2. The van der Waals surface area contributed by atoms with E-state index in [-0.39, 0.29) is 16.5 Å². The molecule has 0 saturated heterocycles. The van der Waals surface area contributed by atoms with Crippen LogP contribution in [0.2, 0.25) is 0 Å². The van der Waals surface area contributed by atoms with Gasteiger partial charge in [0.15, 0.2) is 0 Å². The Morgan fingerprint density at radius 1 is 0.800 bits per heavy atom. The first kappa shape index (κ1) is 21.1. The summed E-state index contributed by atoms with van der Waals surface area (Å²) in [5.74, 6) is 0. The fourth-order valence-electron chi connectivity index (χ4n) is 0. The zero-order valence-electron chi connectivity index (χ0n) is 2.55. The normalized spacial score (nSPS) is 1.60. The summed E-state index contributed by atoms with van der Waals surface area (Å²) in [6, 6.07) is 0. The van der Waals surface area contributed by atoms with E-state index in [9.17, 15) is 0 Å². The molecule has 34 valence electrons. The molecule has 0 aromatic rings. The van der Waals surface area contributed by atoms with Gasteiger partial charge in [-0.25, -0.2) is 0 Å². The molecule has 2 nitrogen and oxygen atoms in total. The van der Waals surface area contributed by atoms with Crippen molar-refractivity contribution in [3.05, 3.63) is 0 Å². The van der Waals surface area contributed by atoms with Crippen LogP contribution in [0.15, 0.2) is 0 Å². The van der Waals surface area contributed by atoms with Gasteiger partial charge < -0.3 is 9.59 Å². The second-order valence-electron chi connectivity index (χ2n) is 0. The number of rotatable bonds is 0. The summed E-state index contributed by atoms with van der Waals surface area (Å²) in [5.41, 5.74) is 0. The molecule has 0 radical (unpaired) electrons. The van der Waals surface area contributed by atoms with Crippen LogP contribution in [-0.4, -0.2) is 13.6 Å². The molecule has 0 aliphatic rings. The zero-order valence-corrected chi connectivity index (χ0v) is 3.53. The maximum Gasteiger partial charge on any atom is 0.106 e. The first-order chi connectivity index (χ1) is 2.00. The van der Waals surface area contributed by atoms with E-state index in [1.165, 1.54) is 0 Å². The Morgan fingerprint density at radius 2 is 0.800 bits per heavy atom.